The molecule has 0 aliphatic carbocycles. The van der Waals surface area contributed by atoms with Crippen LogP contribution >= 0.6 is 0 Å². The zero-order valence-electron chi connectivity index (χ0n) is 6.89. The molecule has 1 aromatic carbocycles. The van der Waals surface area contributed by atoms with Crippen molar-refractivity contribution in [3.05, 3.63) is 29.3 Å². The van der Waals surface area contributed by atoms with Crippen LogP contribution in [0, 0.1) is 6.92 Å². The van der Waals surface area contributed by atoms with Gasteiger partial charge in [0.25, 0.3) is 0 Å². The molecule has 0 aliphatic heterocycles. The molecular weight excluding hydrogens is 138 g/mol. The van der Waals surface area contributed by atoms with E-state index in [0.717, 1.165) is 11.1 Å². The SMILES string of the molecule is CNCc1ccc(C)cc1O. The molecule has 11 heavy (non-hydrogen) atoms. The number of hydrogen-bond acceptors (Lipinski definition) is 2. The number of aromatic hydroxyl groups is 1. The molecule has 0 radical (unpaired) electrons. The Balaban J connectivity index is 2.90. The van der Waals surface area contributed by atoms with E-state index in [4.69, 9.17) is 0 Å². The first-order chi connectivity index (χ1) is 5.24. The van der Waals surface area contributed by atoms with Gasteiger partial charge in [-0.1, -0.05) is 12.1 Å². The molecular formula is C9H13NO. The normalized spacial score (nSPS) is 10.0. The molecule has 0 unspecified atom stereocenters. The average molecular weight is 151 g/mol. The van der Waals surface area contributed by atoms with Gasteiger partial charge in [-0.2, -0.15) is 0 Å². The van der Waals surface area contributed by atoms with Crippen molar-refractivity contribution in [3.63, 3.8) is 0 Å². The predicted molar refractivity (Wildman–Crippen MR) is 45.6 cm³/mol. The predicted octanol–water partition coefficient (Wildman–Crippen LogP) is 1.42. The van der Waals surface area contributed by atoms with Crippen LogP contribution in [0.25, 0.3) is 0 Å². The maximum atomic E-state index is 9.38. The number of aryl methyl sites for hydroxylation is 1. The minimum atomic E-state index is 0.374. The summed E-state index contributed by atoms with van der Waals surface area (Å²) in [5.41, 5.74) is 2.03. The molecule has 0 bridgehead atoms. The second-order valence-electron chi connectivity index (χ2n) is 2.66. The van der Waals surface area contributed by atoms with Crippen molar-refractivity contribution in [2.75, 3.05) is 7.05 Å². The summed E-state index contributed by atoms with van der Waals surface area (Å²) < 4.78 is 0. The van der Waals surface area contributed by atoms with Gasteiger partial charge < -0.3 is 10.4 Å². The number of hydrogen-bond donors (Lipinski definition) is 2. The van der Waals surface area contributed by atoms with Crippen LogP contribution in [0.15, 0.2) is 18.2 Å². The lowest BCUT2D eigenvalue weighted by atomic mass is 10.1. The summed E-state index contributed by atoms with van der Waals surface area (Å²) in [7, 11) is 1.86. The van der Waals surface area contributed by atoms with Gasteiger partial charge in [0.1, 0.15) is 5.75 Å². The lowest BCUT2D eigenvalue weighted by molar-refractivity contribution is 0.465. The monoisotopic (exact) mass is 151 g/mol. The minimum Gasteiger partial charge on any atom is -0.508 e. The van der Waals surface area contributed by atoms with Gasteiger partial charge in [0, 0.05) is 12.1 Å². The summed E-state index contributed by atoms with van der Waals surface area (Å²) in [4.78, 5) is 0. The number of phenolic OH excluding ortho intramolecular Hbond substituents is 1. The summed E-state index contributed by atoms with van der Waals surface area (Å²) in [5.74, 6) is 0.374. The van der Waals surface area contributed by atoms with Crippen LogP contribution in [0.3, 0.4) is 0 Å². The molecule has 2 heteroatoms. The summed E-state index contributed by atoms with van der Waals surface area (Å²) in [6.45, 7) is 2.68. The van der Waals surface area contributed by atoms with Crippen molar-refractivity contribution < 1.29 is 5.11 Å². The van der Waals surface area contributed by atoms with Gasteiger partial charge in [0.15, 0.2) is 0 Å². The van der Waals surface area contributed by atoms with E-state index in [9.17, 15) is 5.11 Å². The lowest BCUT2D eigenvalue weighted by Crippen LogP contribution is -2.04. The van der Waals surface area contributed by atoms with Gasteiger partial charge in [-0.25, -0.2) is 0 Å². The second kappa shape index (κ2) is 3.39. The summed E-state index contributed by atoms with van der Waals surface area (Å²) >= 11 is 0. The molecule has 60 valence electrons. The fourth-order valence-corrected chi connectivity index (χ4v) is 1.01. The molecule has 0 heterocycles. The highest BCUT2D eigenvalue weighted by atomic mass is 16.3. The third kappa shape index (κ3) is 1.95. The van der Waals surface area contributed by atoms with E-state index >= 15 is 0 Å². The molecule has 0 amide bonds. The van der Waals surface area contributed by atoms with E-state index < -0.39 is 0 Å². The maximum absolute atomic E-state index is 9.38. The Labute approximate surface area is 66.9 Å². The summed E-state index contributed by atoms with van der Waals surface area (Å²) in [6, 6.07) is 5.69. The van der Waals surface area contributed by atoms with Crippen LogP contribution in [0.5, 0.6) is 5.75 Å². The third-order valence-electron chi connectivity index (χ3n) is 1.61. The average Bonchev–Trinajstić information content (AvgIpc) is 1.95. The Bertz CT molecular complexity index is 245. The molecule has 2 N–H and O–H groups in total. The first-order valence-electron chi connectivity index (χ1n) is 3.67. The largest absolute Gasteiger partial charge is 0.508 e. The van der Waals surface area contributed by atoms with E-state index in [2.05, 4.69) is 5.32 Å². The Kier molecular flexibility index (Phi) is 2.49. The molecule has 0 atom stereocenters. The number of nitrogens with one attached hydrogen (secondary N) is 1. The summed E-state index contributed by atoms with van der Waals surface area (Å²) in [6.07, 6.45) is 0. The molecule has 2 nitrogen and oxygen atoms in total. The highest BCUT2D eigenvalue weighted by Crippen LogP contribution is 2.17. The fraction of sp³-hybridized carbons (Fsp3) is 0.333. The molecule has 0 saturated carbocycles. The molecule has 0 fully saturated rings. The fourth-order valence-electron chi connectivity index (χ4n) is 1.01. The third-order valence-corrected chi connectivity index (χ3v) is 1.61. The van der Waals surface area contributed by atoms with Gasteiger partial charge in [-0.3, -0.25) is 0 Å². The number of phenols is 1. The van der Waals surface area contributed by atoms with Crippen molar-refractivity contribution in [3.8, 4) is 5.75 Å². The van der Waals surface area contributed by atoms with Crippen molar-refractivity contribution in [1.29, 1.82) is 0 Å². The lowest BCUT2D eigenvalue weighted by Gasteiger charge is -2.03. The zero-order valence-corrected chi connectivity index (χ0v) is 6.89. The van der Waals surface area contributed by atoms with Gasteiger partial charge in [-0.15, -0.1) is 0 Å². The van der Waals surface area contributed by atoms with Crippen molar-refractivity contribution in [2.24, 2.45) is 0 Å². The van der Waals surface area contributed by atoms with Crippen molar-refractivity contribution >= 4 is 0 Å². The number of rotatable bonds is 2. The Morgan fingerprint density at radius 2 is 2.18 bits per heavy atom. The molecule has 0 spiro atoms. The number of benzene rings is 1. The smallest absolute Gasteiger partial charge is 0.120 e. The van der Waals surface area contributed by atoms with Crippen molar-refractivity contribution in [2.45, 2.75) is 13.5 Å². The Morgan fingerprint density at radius 1 is 1.45 bits per heavy atom. The van der Waals surface area contributed by atoms with Gasteiger partial charge in [0.05, 0.1) is 0 Å². The molecule has 1 aromatic rings. The van der Waals surface area contributed by atoms with Crippen LogP contribution in [-0.2, 0) is 6.54 Å². The Morgan fingerprint density at radius 3 is 2.73 bits per heavy atom. The maximum Gasteiger partial charge on any atom is 0.120 e. The van der Waals surface area contributed by atoms with E-state index in [0.29, 0.717) is 12.3 Å². The quantitative estimate of drug-likeness (QED) is 0.670. The summed E-state index contributed by atoms with van der Waals surface area (Å²) in [5, 5.41) is 12.4. The van der Waals surface area contributed by atoms with E-state index in [1.807, 2.05) is 26.1 Å². The van der Waals surface area contributed by atoms with E-state index in [-0.39, 0.29) is 0 Å². The highest BCUT2D eigenvalue weighted by molar-refractivity contribution is 5.35. The van der Waals surface area contributed by atoms with Crippen LogP contribution in [0.2, 0.25) is 0 Å². The second-order valence-corrected chi connectivity index (χ2v) is 2.66. The molecule has 0 aliphatic rings. The van der Waals surface area contributed by atoms with Gasteiger partial charge in [-0.05, 0) is 25.6 Å². The van der Waals surface area contributed by atoms with Gasteiger partial charge >= 0.3 is 0 Å². The van der Waals surface area contributed by atoms with Crippen LogP contribution in [-0.4, -0.2) is 12.2 Å². The van der Waals surface area contributed by atoms with E-state index in [1.54, 1.807) is 6.07 Å². The van der Waals surface area contributed by atoms with Crippen LogP contribution in [0.1, 0.15) is 11.1 Å². The molecule has 1 rings (SSSR count). The highest BCUT2D eigenvalue weighted by Gasteiger charge is 1.97. The standard InChI is InChI=1S/C9H13NO/c1-7-3-4-8(6-10-2)9(11)5-7/h3-5,10-11H,6H2,1-2H3. The van der Waals surface area contributed by atoms with Crippen LogP contribution in [0.4, 0.5) is 0 Å². The molecule has 0 aromatic heterocycles. The zero-order chi connectivity index (χ0) is 8.27. The minimum absolute atomic E-state index is 0.374. The topological polar surface area (TPSA) is 32.3 Å². The molecule has 0 saturated heterocycles. The van der Waals surface area contributed by atoms with Crippen LogP contribution < -0.4 is 5.32 Å². The first kappa shape index (κ1) is 8.08. The van der Waals surface area contributed by atoms with E-state index in [1.165, 1.54) is 0 Å². The first-order valence-corrected chi connectivity index (χ1v) is 3.67. The van der Waals surface area contributed by atoms with Gasteiger partial charge in [0.2, 0.25) is 0 Å². The Hall–Kier alpha value is -1.02. The van der Waals surface area contributed by atoms with Crippen molar-refractivity contribution in [1.82, 2.24) is 5.32 Å².